The third-order valence-electron chi connectivity index (χ3n) is 9.26. The van der Waals surface area contributed by atoms with Gasteiger partial charge in [-0.25, -0.2) is 29.4 Å². The molecule has 0 unspecified atom stereocenters. The molecule has 0 radical (unpaired) electrons. The van der Waals surface area contributed by atoms with Crippen LogP contribution < -0.4 is 21.9 Å². The SMILES string of the molecule is CS(=O)(=O)c1cc2cc(S(=O)(=O)O)c(N=Nc3ccc(S(=O)(=O)CCOS(=O)(=O)O)cc3S(=O)(=O)O)c(O)c2c(N)c1N=Nc1ccc(S(=O)(=O)Nc2ccc(N=Nc3ccc(N)cc3N)cc2)cc1. The Labute approximate surface area is 397 Å². The molecule has 0 saturated heterocycles. The van der Waals surface area contributed by atoms with Crippen LogP contribution in [-0.4, -0.2) is 87.9 Å². The first-order valence-corrected chi connectivity index (χ1v) is 28.0. The second-order valence-corrected chi connectivity index (χ2v) is 23.9. The number of azo groups is 3. The first-order chi connectivity index (χ1) is 32.3. The van der Waals surface area contributed by atoms with Gasteiger partial charge in [-0.3, -0.25) is 18.4 Å². The van der Waals surface area contributed by atoms with Gasteiger partial charge in [-0.1, -0.05) is 0 Å². The molecule has 0 bridgehead atoms. The number of aromatic hydroxyl groups is 1. The van der Waals surface area contributed by atoms with Crippen LogP contribution >= 0.6 is 0 Å². The highest BCUT2D eigenvalue weighted by atomic mass is 32.3. The molecule has 0 fully saturated rings. The summed E-state index contributed by atoms with van der Waals surface area (Å²) in [6.45, 7) is -1.11. The standard InChI is InChI=1S/C37H34N10O17S6/c1-65(49,50)31-16-20-17-32(69(58,59)60)36(46-44-29-13-11-26(19-30(29)68(55,56)57)66(51,52)15-14-64-70(61,62)63)37(48)33(20)34(40)35(31)45-42-23-7-9-25(10-8-23)67(53,54)47-24-5-3-22(4-6-24)41-43-28-12-2-21(38)18-27(28)39/h2-13,16-19,47-48H,14-15,38-40H2,1H3,(H,55,56,57)(H,58,59,60)(H,61,62,63). The van der Waals surface area contributed by atoms with Crippen LogP contribution in [0.1, 0.15) is 0 Å². The molecule has 0 heterocycles. The van der Waals surface area contributed by atoms with E-state index in [1.165, 1.54) is 42.5 Å². The maximum atomic E-state index is 13.2. The van der Waals surface area contributed by atoms with E-state index in [2.05, 4.69) is 39.6 Å². The van der Waals surface area contributed by atoms with E-state index in [4.69, 9.17) is 21.8 Å². The van der Waals surface area contributed by atoms with Crippen LogP contribution in [0.5, 0.6) is 5.75 Å². The molecule has 0 spiro atoms. The van der Waals surface area contributed by atoms with E-state index >= 15 is 0 Å². The maximum Gasteiger partial charge on any atom is 0.397 e. The summed E-state index contributed by atoms with van der Waals surface area (Å²) < 4.78 is 185. The average molecular weight is 1080 g/mol. The average Bonchev–Trinajstić information content (AvgIpc) is 3.24. The lowest BCUT2D eigenvalue weighted by Gasteiger charge is -2.14. The number of phenols is 1. The molecular weight excluding hydrogens is 1050 g/mol. The van der Waals surface area contributed by atoms with Crippen LogP contribution in [0.2, 0.25) is 0 Å². The molecule has 370 valence electrons. The number of rotatable bonds is 17. The van der Waals surface area contributed by atoms with Crippen molar-refractivity contribution in [3.8, 4) is 5.75 Å². The minimum absolute atomic E-state index is 0.0605. The zero-order chi connectivity index (χ0) is 51.8. The Hall–Kier alpha value is -7.08. The Balaban J connectivity index is 1.33. The van der Waals surface area contributed by atoms with Crippen molar-refractivity contribution >= 4 is 128 Å². The monoisotopic (exact) mass is 1080 g/mol. The number of nitrogens with zero attached hydrogens (tertiary/aromatic N) is 6. The summed E-state index contributed by atoms with van der Waals surface area (Å²) in [5.41, 5.74) is 16.1. The lowest BCUT2D eigenvalue weighted by molar-refractivity contribution is 0.284. The van der Waals surface area contributed by atoms with Gasteiger partial charge in [-0.2, -0.15) is 35.5 Å². The minimum Gasteiger partial charge on any atom is -0.505 e. The van der Waals surface area contributed by atoms with E-state index in [1.807, 2.05) is 0 Å². The summed E-state index contributed by atoms with van der Waals surface area (Å²) in [6, 6.07) is 18.3. The number of sulfone groups is 2. The van der Waals surface area contributed by atoms with Gasteiger partial charge in [0.1, 0.15) is 32.5 Å². The molecule has 6 aromatic carbocycles. The molecule has 0 saturated carbocycles. The zero-order valence-corrected chi connectivity index (χ0v) is 40.0. The molecule has 27 nitrogen and oxygen atoms in total. The number of hydrogen-bond acceptors (Lipinski definition) is 23. The van der Waals surface area contributed by atoms with E-state index in [1.54, 1.807) is 12.1 Å². The van der Waals surface area contributed by atoms with Crippen molar-refractivity contribution in [3.63, 3.8) is 0 Å². The van der Waals surface area contributed by atoms with Gasteiger partial charge >= 0.3 is 10.4 Å². The number of benzene rings is 6. The van der Waals surface area contributed by atoms with E-state index in [0.29, 0.717) is 47.0 Å². The van der Waals surface area contributed by atoms with Gasteiger partial charge in [0.25, 0.3) is 30.3 Å². The van der Waals surface area contributed by atoms with E-state index in [0.717, 1.165) is 24.5 Å². The zero-order valence-electron chi connectivity index (χ0n) is 35.1. The van der Waals surface area contributed by atoms with Crippen LogP contribution in [-0.2, 0) is 64.5 Å². The molecule has 33 heteroatoms. The molecule has 6 aromatic rings. The van der Waals surface area contributed by atoms with Crippen molar-refractivity contribution in [2.24, 2.45) is 30.7 Å². The lowest BCUT2D eigenvalue weighted by Crippen LogP contribution is -2.16. The first kappa shape index (κ1) is 52.3. The number of phenolic OH excluding ortho intramolecular Hbond substituents is 1. The van der Waals surface area contributed by atoms with Crippen molar-refractivity contribution in [1.29, 1.82) is 0 Å². The van der Waals surface area contributed by atoms with Gasteiger partial charge in [0.2, 0.25) is 0 Å². The summed E-state index contributed by atoms with van der Waals surface area (Å²) in [6.07, 6.45) is 0.720. The summed E-state index contributed by atoms with van der Waals surface area (Å²) in [7, 11) is -29.0. The number of hydrogen-bond donors (Lipinski definition) is 8. The van der Waals surface area contributed by atoms with Gasteiger partial charge < -0.3 is 22.3 Å². The van der Waals surface area contributed by atoms with Crippen molar-refractivity contribution in [2.45, 2.75) is 24.5 Å². The molecular formula is C37H34N10O17S6. The number of fused-ring (bicyclic) bond motifs is 1. The van der Waals surface area contributed by atoms with Gasteiger partial charge in [-0.15, -0.1) is 20.5 Å². The number of nitrogens with one attached hydrogen (secondary N) is 1. The highest BCUT2D eigenvalue weighted by molar-refractivity contribution is 7.93. The Morgan fingerprint density at radius 1 is 0.571 bits per heavy atom. The molecule has 0 aliphatic carbocycles. The summed E-state index contributed by atoms with van der Waals surface area (Å²) in [5, 5.41) is 33.6. The fourth-order valence-electron chi connectivity index (χ4n) is 6.02. The predicted octanol–water partition coefficient (Wildman–Crippen LogP) is 5.83. The van der Waals surface area contributed by atoms with Crippen molar-refractivity contribution < 1.29 is 73.5 Å². The molecule has 6 rings (SSSR count). The third-order valence-corrected chi connectivity index (χ3v) is 15.7. The van der Waals surface area contributed by atoms with Crippen LogP contribution in [0.15, 0.2) is 152 Å². The summed E-state index contributed by atoms with van der Waals surface area (Å²) in [5.74, 6) is -2.35. The molecule has 70 heavy (non-hydrogen) atoms. The highest BCUT2D eigenvalue weighted by Gasteiger charge is 2.29. The number of nitrogen functional groups attached to an aromatic ring is 3. The summed E-state index contributed by atoms with van der Waals surface area (Å²) in [4.78, 5) is -4.28. The highest BCUT2D eigenvalue weighted by Crippen LogP contribution is 2.48. The third kappa shape index (κ3) is 12.4. The molecule has 0 amide bonds. The van der Waals surface area contributed by atoms with Gasteiger partial charge in [0.15, 0.2) is 25.4 Å². The molecule has 0 atom stereocenters. The topological polar surface area (TPSA) is 459 Å². The fourth-order valence-corrected chi connectivity index (χ4v) is 10.8. The largest absolute Gasteiger partial charge is 0.505 e. The molecule has 0 aromatic heterocycles. The normalized spacial score (nSPS) is 13.2. The predicted molar refractivity (Wildman–Crippen MR) is 250 cm³/mol. The van der Waals surface area contributed by atoms with Crippen LogP contribution in [0.25, 0.3) is 10.8 Å². The Kier molecular flexibility index (Phi) is 14.5. The quantitative estimate of drug-likeness (QED) is 0.0302. The molecule has 0 aliphatic heterocycles. The Bertz CT molecular complexity index is 3890. The second-order valence-electron chi connectivity index (χ2n) is 14.3. The number of anilines is 4. The Morgan fingerprint density at radius 3 is 1.67 bits per heavy atom. The number of nitrogens with two attached hydrogens (primary N) is 3. The van der Waals surface area contributed by atoms with Crippen LogP contribution in [0.3, 0.4) is 0 Å². The van der Waals surface area contributed by atoms with Crippen LogP contribution in [0.4, 0.5) is 56.9 Å². The van der Waals surface area contributed by atoms with Gasteiger partial charge in [0.05, 0.1) is 55.2 Å². The van der Waals surface area contributed by atoms with E-state index in [9.17, 15) is 64.7 Å². The minimum atomic E-state index is -5.43. The van der Waals surface area contributed by atoms with Crippen molar-refractivity contribution in [2.75, 3.05) is 40.5 Å². The maximum absolute atomic E-state index is 13.2. The van der Waals surface area contributed by atoms with Crippen LogP contribution in [0, 0.1) is 0 Å². The van der Waals surface area contributed by atoms with Crippen molar-refractivity contribution in [1.82, 2.24) is 0 Å². The summed E-state index contributed by atoms with van der Waals surface area (Å²) >= 11 is 0. The van der Waals surface area contributed by atoms with Crippen molar-refractivity contribution in [3.05, 3.63) is 97.1 Å². The van der Waals surface area contributed by atoms with E-state index < -0.39 is 132 Å². The van der Waals surface area contributed by atoms with Gasteiger partial charge in [-0.05, 0) is 102 Å². The van der Waals surface area contributed by atoms with Gasteiger partial charge in [0, 0.05) is 17.6 Å². The molecule has 0 aliphatic rings. The Morgan fingerprint density at radius 2 is 1.10 bits per heavy atom. The molecule has 11 N–H and O–H groups in total. The fraction of sp³-hybridized carbons (Fsp3) is 0.0811. The second kappa shape index (κ2) is 19.4. The lowest BCUT2D eigenvalue weighted by atomic mass is 10.1. The van der Waals surface area contributed by atoms with E-state index in [-0.39, 0.29) is 16.3 Å². The smallest absolute Gasteiger partial charge is 0.397 e. The number of sulfonamides is 1. The first-order valence-electron chi connectivity index (χ1n) is 18.7.